The lowest BCUT2D eigenvalue weighted by Gasteiger charge is -2.41. The molecule has 49 heavy (non-hydrogen) atoms. The third kappa shape index (κ3) is 7.79. The van der Waals surface area contributed by atoms with Gasteiger partial charge in [0, 0.05) is 30.4 Å². The Labute approximate surface area is 287 Å². The Morgan fingerprint density at radius 2 is 1.88 bits per heavy atom. The number of hydrogen-bond donors (Lipinski definition) is 1. The molecule has 10 heteroatoms. The van der Waals surface area contributed by atoms with Crippen LogP contribution >= 0.6 is 0 Å². The summed E-state index contributed by atoms with van der Waals surface area (Å²) in [4.78, 5) is 19.8. The van der Waals surface area contributed by atoms with Crippen molar-refractivity contribution in [2.24, 2.45) is 0 Å². The van der Waals surface area contributed by atoms with Gasteiger partial charge in [-0.15, -0.1) is 13.0 Å². The molecule has 0 saturated carbocycles. The van der Waals surface area contributed by atoms with E-state index < -0.39 is 29.6 Å². The summed E-state index contributed by atoms with van der Waals surface area (Å²) in [5.41, 5.74) is 3.33. The summed E-state index contributed by atoms with van der Waals surface area (Å²) in [6, 6.07) is 12.5. The van der Waals surface area contributed by atoms with Gasteiger partial charge in [-0.25, -0.2) is 14.2 Å². The summed E-state index contributed by atoms with van der Waals surface area (Å²) in [6.45, 7) is 18.3. The molecule has 0 amide bonds. The number of halogens is 1. The molecule has 0 radical (unpaired) electrons. The van der Waals surface area contributed by atoms with E-state index in [1.165, 1.54) is 6.07 Å². The molecule has 2 atom stereocenters. The van der Waals surface area contributed by atoms with E-state index >= 15 is 4.39 Å². The van der Waals surface area contributed by atoms with E-state index in [1.807, 2.05) is 51.1 Å². The molecular formula is C39H45FN4O5. The first-order valence-electron chi connectivity index (χ1n) is 16.5. The molecular weight excluding hydrogens is 623 g/mol. The average molecular weight is 669 g/mol. The minimum Gasteiger partial charge on any atom is -0.479 e. The summed E-state index contributed by atoms with van der Waals surface area (Å²) in [5, 5.41) is 15.5. The Hall–Kier alpha value is -4.72. The number of fused-ring (bicyclic) bond motifs is 1. The van der Waals surface area contributed by atoms with Crippen LogP contribution in [0.15, 0.2) is 55.1 Å². The van der Waals surface area contributed by atoms with Gasteiger partial charge in [0.15, 0.2) is 17.9 Å². The standard InChI is InChI=1S/C39H45FN4O5/c1-10-19-47-39(9)15-17-43(18-16-39)36-33(35(37(45)46)49-38(6,7)8)26(5)41-32-23-30(42-44(32)36)27-13-12-14-28(22-27)34-29(40)20-24(3)21-31(34)48-25(4)11-2/h2,10,12-14,20-23,25,35H,1,15-19H2,3-9H3,(H,45,46). The van der Waals surface area contributed by atoms with Crippen molar-refractivity contribution in [3.63, 3.8) is 0 Å². The molecule has 1 aliphatic heterocycles. The zero-order valence-corrected chi connectivity index (χ0v) is 29.3. The van der Waals surface area contributed by atoms with E-state index in [2.05, 4.69) is 24.3 Å². The number of carboxylic acids is 1. The Kier molecular flexibility index (Phi) is 10.2. The molecule has 258 valence electrons. The zero-order chi connectivity index (χ0) is 35.7. The van der Waals surface area contributed by atoms with E-state index in [0.29, 0.717) is 89.0 Å². The van der Waals surface area contributed by atoms with Gasteiger partial charge < -0.3 is 24.2 Å². The van der Waals surface area contributed by atoms with Gasteiger partial charge in [-0.1, -0.05) is 30.2 Å². The number of hydrogen-bond acceptors (Lipinski definition) is 7. The van der Waals surface area contributed by atoms with Gasteiger partial charge in [0.2, 0.25) is 0 Å². The smallest absolute Gasteiger partial charge is 0.337 e. The number of piperidine rings is 1. The summed E-state index contributed by atoms with van der Waals surface area (Å²) in [6.07, 6.45) is 6.89. The number of carbonyl (C=O) groups is 1. The van der Waals surface area contributed by atoms with E-state index in [-0.39, 0.29) is 5.60 Å². The third-order valence-electron chi connectivity index (χ3n) is 8.62. The number of benzene rings is 2. The van der Waals surface area contributed by atoms with Crippen molar-refractivity contribution in [1.29, 1.82) is 0 Å². The highest BCUT2D eigenvalue weighted by atomic mass is 19.1. The molecule has 9 nitrogen and oxygen atoms in total. The predicted molar refractivity (Wildman–Crippen MR) is 189 cm³/mol. The number of aromatic nitrogens is 3. The van der Waals surface area contributed by atoms with Crippen LogP contribution in [0.3, 0.4) is 0 Å². The SMILES string of the molecule is C#CC(C)Oc1cc(C)cc(F)c1-c1cccc(-c2cc3nc(C)c(C(OC(C)(C)C)C(=O)O)c(N4CCC(C)(OCC=C)CC4)n3n2)c1. The summed E-state index contributed by atoms with van der Waals surface area (Å²) in [5.74, 6) is 1.96. The fraction of sp³-hybridized carbons (Fsp3) is 0.410. The van der Waals surface area contributed by atoms with Crippen LogP contribution in [-0.2, 0) is 14.3 Å². The van der Waals surface area contributed by atoms with Crippen molar-refractivity contribution in [3.8, 4) is 40.5 Å². The number of aliphatic carboxylic acids is 1. The van der Waals surface area contributed by atoms with Crippen LogP contribution in [-0.4, -0.2) is 62.7 Å². The minimum atomic E-state index is -1.29. The molecule has 2 unspecified atom stereocenters. The van der Waals surface area contributed by atoms with Crippen LogP contribution in [0.5, 0.6) is 5.75 Å². The lowest BCUT2D eigenvalue weighted by Crippen LogP contribution is -2.45. The molecule has 0 spiro atoms. The molecule has 2 aromatic heterocycles. The molecule has 0 bridgehead atoms. The number of rotatable bonds is 11. The van der Waals surface area contributed by atoms with Gasteiger partial charge in [-0.3, -0.25) is 0 Å². The van der Waals surface area contributed by atoms with Gasteiger partial charge in [0.25, 0.3) is 0 Å². The Bertz CT molecular complexity index is 1910. The Balaban J connectivity index is 1.66. The minimum absolute atomic E-state index is 0.300. The number of carboxylic acid groups (broad SMARTS) is 1. The molecule has 1 N–H and O–H groups in total. The largest absolute Gasteiger partial charge is 0.479 e. The van der Waals surface area contributed by atoms with Crippen LogP contribution in [0, 0.1) is 32.0 Å². The van der Waals surface area contributed by atoms with E-state index in [9.17, 15) is 9.90 Å². The summed E-state index contributed by atoms with van der Waals surface area (Å²) < 4.78 is 35.5. The first-order chi connectivity index (χ1) is 23.1. The number of ether oxygens (including phenoxy) is 3. The topological polar surface area (TPSA) is 98.4 Å². The predicted octanol–water partition coefficient (Wildman–Crippen LogP) is 7.72. The normalized spacial score (nSPS) is 15.9. The lowest BCUT2D eigenvalue weighted by atomic mass is 9.92. The highest BCUT2D eigenvalue weighted by molar-refractivity contribution is 5.80. The maximum atomic E-state index is 15.5. The molecule has 3 heterocycles. The first kappa shape index (κ1) is 35.6. The van der Waals surface area contributed by atoms with E-state index in [0.717, 1.165) is 0 Å². The van der Waals surface area contributed by atoms with E-state index in [1.54, 1.807) is 37.4 Å². The number of aryl methyl sites for hydroxylation is 2. The second-order valence-corrected chi connectivity index (χ2v) is 13.8. The fourth-order valence-corrected chi connectivity index (χ4v) is 6.19. The van der Waals surface area contributed by atoms with Crippen LogP contribution in [0.25, 0.3) is 28.0 Å². The van der Waals surface area contributed by atoms with Crippen molar-refractivity contribution >= 4 is 17.4 Å². The van der Waals surface area contributed by atoms with Crippen LogP contribution in [0.2, 0.25) is 0 Å². The number of terminal acetylenes is 1. The highest BCUT2D eigenvalue weighted by Gasteiger charge is 2.37. The van der Waals surface area contributed by atoms with Gasteiger partial charge in [-0.2, -0.15) is 9.61 Å². The molecule has 1 fully saturated rings. The maximum absolute atomic E-state index is 15.5. The van der Waals surface area contributed by atoms with E-state index in [4.69, 9.17) is 30.7 Å². The van der Waals surface area contributed by atoms with Gasteiger partial charge in [0.05, 0.1) is 34.6 Å². The van der Waals surface area contributed by atoms with Crippen LogP contribution in [0.4, 0.5) is 10.2 Å². The average Bonchev–Trinajstić information content (AvgIpc) is 3.45. The molecule has 1 saturated heterocycles. The molecule has 1 aliphatic rings. The number of anilines is 1. The van der Waals surface area contributed by atoms with Crippen molar-refractivity contribution < 1.29 is 28.5 Å². The zero-order valence-electron chi connectivity index (χ0n) is 29.3. The highest BCUT2D eigenvalue weighted by Crippen LogP contribution is 2.40. The van der Waals surface area contributed by atoms with Gasteiger partial charge in [0.1, 0.15) is 17.4 Å². The quantitative estimate of drug-likeness (QED) is 0.128. The van der Waals surface area contributed by atoms with Crippen LogP contribution < -0.4 is 9.64 Å². The fourth-order valence-electron chi connectivity index (χ4n) is 6.19. The van der Waals surface area contributed by atoms with Crippen molar-refractivity contribution in [3.05, 3.63) is 77.8 Å². The second-order valence-electron chi connectivity index (χ2n) is 13.8. The molecule has 4 aromatic rings. The van der Waals surface area contributed by atoms with Crippen molar-refractivity contribution in [2.75, 3.05) is 24.6 Å². The van der Waals surface area contributed by atoms with Crippen molar-refractivity contribution in [2.45, 2.75) is 84.7 Å². The van der Waals surface area contributed by atoms with Crippen LogP contribution in [0.1, 0.15) is 70.4 Å². The second kappa shape index (κ2) is 14.0. The van der Waals surface area contributed by atoms with Gasteiger partial charge >= 0.3 is 5.97 Å². The molecule has 2 aromatic carbocycles. The summed E-state index contributed by atoms with van der Waals surface area (Å²) in [7, 11) is 0. The lowest BCUT2D eigenvalue weighted by molar-refractivity contribution is -0.160. The number of nitrogens with zero attached hydrogens (tertiary/aromatic N) is 4. The Morgan fingerprint density at radius 3 is 2.51 bits per heavy atom. The molecule has 5 rings (SSSR count). The third-order valence-corrected chi connectivity index (χ3v) is 8.62. The monoisotopic (exact) mass is 668 g/mol. The summed E-state index contributed by atoms with van der Waals surface area (Å²) >= 11 is 0. The molecule has 0 aliphatic carbocycles. The van der Waals surface area contributed by atoms with Gasteiger partial charge in [-0.05, 0) is 90.6 Å². The first-order valence-corrected chi connectivity index (χ1v) is 16.5. The van der Waals surface area contributed by atoms with Crippen molar-refractivity contribution in [1.82, 2.24) is 14.6 Å². The maximum Gasteiger partial charge on any atom is 0.337 e. The Morgan fingerprint density at radius 1 is 1.18 bits per heavy atom.